The van der Waals surface area contributed by atoms with Crippen molar-refractivity contribution in [2.45, 2.75) is 13.3 Å². The Labute approximate surface area is 92.2 Å². The fourth-order valence-corrected chi connectivity index (χ4v) is 1.46. The average molecular weight is 221 g/mol. The average Bonchev–Trinajstić information content (AvgIpc) is 2.25. The number of carboxylic acid groups (broad SMARTS) is 1. The highest BCUT2D eigenvalue weighted by atomic mass is 16.6. The van der Waals surface area contributed by atoms with Gasteiger partial charge in [0.2, 0.25) is 0 Å². The molecule has 0 atom stereocenters. The third-order valence-electron chi connectivity index (χ3n) is 2.15. The molecule has 0 fully saturated rings. The molecule has 16 heavy (non-hydrogen) atoms. The molecule has 1 rings (SSSR count). The van der Waals surface area contributed by atoms with Gasteiger partial charge in [-0.3, -0.25) is 10.1 Å². The lowest BCUT2D eigenvalue weighted by Crippen LogP contribution is -2.13. The normalized spacial score (nSPS) is 11.8. The predicted octanol–water partition coefficient (Wildman–Crippen LogP) is 2.17. The van der Waals surface area contributed by atoms with Crippen LogP contribution in [-0.4, -0.2) is 16.0 Å². The molecule has 0 aliphatic heterocycles. The molecule has 0 aromatic heterocycles. The zero-order valence-corrected chi connectivity index (χ0v) is 8.71. The molecule has 84 valence electrons. The van der Waals surface area contributed by atoms with Gasteiger partial charge in [0.05, 0.1) is 4.92 Å². The van der Waals surface area contributed by atoms with Gasteiger partial charge in [-0.05, 0) is 12.0 Å². The van der Waals surface area contributed by atoms with Crippen molar-refractivity contribution in [1.82, 2.24) is 0 Å². The smallest absolute Gasteiger partial charge is 0.407 e. The van der Waals surface area contributed by atoms with Crippen molar-refractivity contribution in [2.24, 2.45) is 0 Å². The number of allylic oxidation sites excluding steroid dienone is 1. The van der Waals surface area contributed by atoms with Crippen molar-refractivity contribution in [2.75, 3.05) is 0 Å². The van der Waals surface area contributed by atoms with E-state index in [1.165, 1.54) is 0 Å². The summed E-state index contributed by atoms with van der Waals surface area (Å²) in [6.07, 6.45) is 0.298. The maximum atomic E-state index is 10.8. The van der Waals surface area contributed by atoms with Crippen molar-refractivity contribution in [3.05, 3.63) is 51.7 Å². The summed E-state index contributed by atoms with van der Waals surface area (Å²) in [5.41, 5.74) is 0.0471. The van der Waals surface area contributed by atoms with Crippen LogP contribution in [0.4, 0.5) is 0 Å². The van der Waals surface area contributed by atoms with E-state index in [1.54, 1.807) is 37.3 Å². The summed E-state index contributed by atoms with van der Waals surface area (Å²) in [5, 5.41) is 19.5. The van der Waals surface area contributed by atoms with Gasteiger partial charge in [0.25, 0.3) is 0 Å². The number of nitro groups is 1. The molecule has 5 nitrogen and oxygen atoms in total. The van der Waals surface area contributed by atoms with E-state index in [2.05, 4.69) is 0 Å². The summed E-state index contributed by atoms with van der Waals surface area (Å²) in [7, 11) is 0. The lowest BCUT2D eigenvalue weighted by Gasteiger charge is -2.04. The first-order valence-corrected chi connectivity index (χ1v) is 4.74. The number of rotatable bonds is 4. The van der Waals surface area contributed by atoms with Gasteiger partial charge in [-0.25, -0.2) is 4.79 Å². The lowest BCUT2D eigenvalue weighted by atomic mass is 10.0. The van der Waals surface area contributed by atoms with Crippen molar-refractivity contribution in [1.29, 1.82) is 0 Å². The Morgan fingerprint density at radius 1 is 1.38 bits per heavy atom. The lowest BCUT2D eigenvalue weighted by molar-refractivity contribution is -0.420. The molecule has 0 saturated heterocycles. The number of hydrogen-bond donors (Lipinski definition) is 1. The minimum atomic E-state index is -1.51. The van der Waals surface area contributed by atoms with Crippen LogP contribution in [0.25, 0.3) is 5.57 Å². The van der Waals surface area contributed by atoms with Crippen LogP contribution in [0.3, 0.4) is 0 Å². The predicted molar refractivity (Wildman–Crippen MR) is 58.3 cm³/mol. The summed E-state index contributed by atoms with van der Waals surface area (Å²) < 4.78 is 0. The number of carbonyl (C=O) groups is 1. The van der Waals surface area contributed by atoms with Crippen LogP contribution in [0.15, 0.2) is 36.0 Å². The van der Waals surface area contributed by atoms with Gasteiger partial charge in [-0.15, -0.1) is 0 Å². The quantitative estimate of drug-likeness (QED) is 0.480. The van der Waals surface area contributed by atoms with Gasteiger partial charge in [0, 0.05) is 5.57 Å². The van der Waals surface area contributed by atoms with E-state index in [4.69, 9.17) is 5.11 Å². The SMILES string of the molecule is CCC(=C(C(=O)O)[N+](=O)[O-])c1ccccc1. The summed E-state index contributed by atoms with van der Waals surface area (Å²) in [4.78, 5) is 20.6. The molecule has 1 N–H and O–H groups in total. The monoisotopic (exact) mass is 221 g/mol. The Balaban J connectivity index is 3.38. The summed E-state index contributed by atoms with van der Waals surface area (Å²) in [5.74, 6) is -1.51. The molecule has 0 bridgehead atoms. The first-order chi connectivity index (χ1) is 7.57. The second kappa shape index (κ2) is 5.06. The van der Waals surface area contributed by atoms with Crippen molar-refractivity contribution < 1.29 is 14.8 Å². The van der Waals surface area contributed by atoms with Gasteiger partial charge in [0.15, 0.2) is 0 Å². The Morgan fingerprint density at radius 2 is 1.94 bits per heavy atom. The van der Waals surface area contributed by atoms with E-state index in [-0.39, 0.29) is 5.57 Å². The van der Waals surface area contributed by atoms with Gasteiger partial charge in [0.1, 0.15) is 0 Å². The number of carboxylic acids is 1. The highest BCUT2D eigenvalue weighted by Gasteiger charge is 2.26. The van der Waals surface area contributed by atoms with Gasteiger partial charge >= 0.3 is 11.7 Å². The van der Waals surface area contributed by atoms with Crippen LogP contribution in [0.2, 0.25) is 0 Å². The molecular weight excluding hydrogens is 210 g/mol. The minimum absolute atomic E-state index is 0.234. The molecule has 0 spiro atoms. The number of benzene rings is 1. The zero-order valence-electron chi connectivity index (χ0n) is 8.71. The fourth-order valence-electron chi connectivity index (χ4n) is 1.46. The highest BCUT2D eigenvalue weighted by molar-refractivity contribution is 5.93. The molecular formula is C11H11NO4. The van der Waals surface area contributed by atoms with Crippen LogP contribution in [-0.2, 0) is 4.79 Å². The molecule has 0 heterocycles. The van der Waals surface area contributed by atoms with E-state index in [1.807, 2.05) is 0 Å². The maximum Gasteiger partial charge on any atom is 0.407 e. The number of aliphatic carboxylic acids is 1. The molecule has 0 saturated carbocycles. The first kappa shape index (κ1) is 11.9. The third-order valence-corrected chi connectivity index (χ3v) is 2.15. The molecule has 0 amide bonds. The molecule has 0 unspecified atom stereocenters. The Bertz CT molecular complexity index is 421. The molecule has 0 aliphatic carbocycles. The Hall–Kier alpha value is -2.17. The number of nitrogens with zero attached hydrogens (tertiary/aromatic N) is 1. The van der Waals surface area contributed by atoms with Crippen molar-refractivity contribution in [3.63, 3.8) is 0 Å². The third kappa shape index (κ3) is 2.44. The second-order valence-corrected chi connectivity index (χ2v) is 3.11. The van der Waals surface area contributed by atoms with Crippen LogP contribution in [0, 0.1) is 10.1 Å². The van der Waals surface area contributed by atoms with Crippen molar-refractivity contribution in [3.8, 4) is 0 Å². The molecule has 1 aromatic rings. The maximum absolute atomic E-state index is 10.8. The van der Waals surface area contributed by atoms with E-state index in [0.717, 1.165) is 0 Å². The van der Waals surface area contributed by atoms with E-state index in [0.29, 0.717) is 12.0 Å². The van der Waals surface area contributed by atoms with Crippen LogP contribution in [0.5, 0.6) is 0 Å². The van der Waals surface area contributed by atoms with E-state index >= 15 is 0 Å². The summed E-state index contributed by atoms with van der Waals surface area (Å²) in [6, 6.07) is 8.51. The second-order valence-electron chi connectivity index (χ2n) is 3.11. The molecule has 1 aromatic carbocycles. The van der Waals surface area contributed by atoms with Crippen LogP contribution in [0.1, 0.15) is 18.9 Å². The standard InChI is InChI=1S/C11H11NO4/c1-2-9(8-6-4-3-5-7-8)10(11(13)14)12(15)16/h3-7H,2H2,1H3,(H,13,14). The highest BCUT2D eigenvalue weighted by Crippen LogP contribution is 2.22. The largest absolute Gasteiger partial charge is 0.473 e. The van der Waals surface area contributed by atoms with Gasteiger partial charge in [-0.2, -0.15) is 0 Å². The molecule has 0 aliphatic rings. The Kier molecular flexibility index (Phi) is 3.77. The Morgan fingerprint density at radius 3 is 2.31 bits per heavy atom. The summed E-state index contributed by atoms with van der Waals surface area (Å²) in [6.45, 7) is 1.69. The van der Waals surface area contributed by atoms with E-state index in [9.17, 15) is 14.9 Å². The van der Waals surface area contributed by atoms with E-state index < -0.39 is 16.6 Å². The van der Waals surface area contributed by atoms with Gasteiger partial charge < -0.3 is 5.11 Å². The molecule has 0 radical (unpaired) electrons. The fraction of sp³-hybridized carbons (Fsp3) is 0.182. The zero-order chi connectivity index (χ0) is 12.1. The molecule has 5 heteroatoms. The summed E-state index contributed by atoms with van der Waals surface area (Å²) >= 11 is 0. The first-order valence-electron chi connectivity index (χ1n) is 4.74. The number of hydrogen-bond acceptors (Lipinski definition) is 3. The van der Waals surface area contributed by atoms with Gasteiger partial charge in [-0.1, -0.05) is 37.3 Å². The van der Waals surface area contributed by atoms with Crippen molar-refractivity contribution >= 4 is 11.5 Å². The van der Waals surface area contributed by atoms with Crippen LogP contribution >= 0.6 is 0 Å². The van der Waals surface area contributed by atoms with Crippen LogP contribution < -0.4 is 0 Å². The minimum Gasteiger partial charge on any atom is -0.473 e. The topological polar surface area (TPSA) is 80.4 Å².